The van der Waals surface area contributed by atoms with E-state index in [1.807, 2.05) is 6.92 Å². The number of ether oxygens (including phenoxy) is 1. The summed E-state index contributed by atoms with van der Waals surface area (Å²) in [6.45, 7) is 7.77. The van der Waals surface area contributed by atoms with Crippen molar-refractivity contribution in [3.63, 3.8) is 0 Å². The largest absolute Gasteiger partial charge is 0.478 e. The monoisotopic (exact) mass is 281 g/mol. The Bertz CT molecular complexity index is 398. The average Bonchev–Trinajstić information content (AvgIpc) is 2.46. The predicted molar refractivity (Wildman–Crippen MR) is 80.4 cm³/mol. The van der Waals surface area contributed by atoms with Crippen molar-refractivity contribution in [3.8, 4) is 5.75 Å². The van der Waals surface area contributed by atoms with Gasteiger partial charge in [0.2, 0.25) is 0 Å². The molecule has 1 heterocycles. The van der Waals surface area contributed by atoms with Gasteiger partial charge >= 0.3 is 0 Å². The van der Waals surface area contributed by atoms with E-state index in [9.17, 15) is 0 Å². The summed E-state index contributed by atoms with van der Waals surface area (Å²) in [6, 6.07) is 6.54. The zero-order chi connectivity index (χ0) is 13.5. The van der Waals surface area contributed by atoms with E-state index in [4.69, 9.17) is 8.92 Å². The highest BCUT2D eigenvalue weighted by atomic mass is 32.2. The summed E-state index contributed by atoms with van der Waals surface area (Å²) >= 11 is 1.57. The van der Waals surface area contributed by atoms with Crippen LogP contribution in [0.15, 0.2) is 18.2 Å². The second kappa shape index (κ2) is 7.78. The predicted octanol–water partition coefficient (Wildman–Crippen LogP) is 3.48. The number of nitrogens with zero attached hydrogens (tertiary/aromatic N) is 1. The summed E-state index contributed by atoms with van der Waals surface area (Å²) in [5, 5.41) is 0. The van der Waals surface area contributed by atoms with E-state index >= 15 is 0 Å². The minimum Gasteiger partial charge on any atom is -0.478 e. The zero-order valence-electron chi connectivity index (χ0n) is 11.9. The van der Waals surface area contributed by atoms with Gasteiger partial charge in [0.05, 0.1) is 6.61 Å². The Hall–Kier alpha value is -0.710. The van der Waals surface area contributed by atoms with Gasteiger partial charge in [-0.3, -0.25) is 4.90 Å². The van der Waals surface area contributed by atoms with Crippen LogP contribution in [0.3, 0.4) is 0 Å². The van der Waals surface area contributed by atoms with Crippen LogP contribution in [0.5, 0.6) is 5.75 Å². The van der Waals surface area contributed by atoms with E-state index in [2.05, 4.69) is 30.0 Å². The molecule has 0 amide bonds. The quantitative estimate of drug-likeness (QED) is 0.563. The minimum atomic E-state index is 0.706. The van der Waals surface area contributed by atoms with Crippen molar-refractivity contribution in [3.05, 3.63) is 29.3 Å². The lowest BCUT2D eigenvalue weighted by molar-refractivity contribution is 0.0957. The van der Waals surface area contributed by atoms with E-state index in [0.717, 1.165) is 44.0 Å². The summed E-state index contributed by atoms with van der Waals surface area (Å²) in [4.78, 5) is 2.36. The summed E-state index contributed by atoms with van der Waals surface area (Å²) in [7, 11) is 0. The van der Waals surface area contributed by atoms with Gasteiger partial charge in [-0.15, -0.1) is 0 Å². The molecule has 0 aliphatic carbocycles. The van der Waals surface area contributed by atoms with Gasteiger partial charge in [0, 0.05) is 24.4 Å². The van der Waals surface area contributed by atoms with Gasteiger partial charge in [-0.1, -0.05) is 19.1 Å². The third kappa shape index (κ3) is 4.41. The Morgan fingerprint density at radius 3 is 3.05 bits per heavy atom. The number of rotatable bonds is 7. The van der Waals surface area contributed by atoms with Crippen molar-refractivity contribution in [1.29, 1.82) is 0 Å². The van der Waals surface area contributed by atoms with Crippen molar-refractivity contribution in [2.45, 2.75) is 33.2 Å². The third-order valence-corrected chi connectivity index (χ3v) is 4.09. The lowest BCUT2D eigenvalue weighted by atomic mass is 10.1. The maximum Gasteiger partial charge on any atom is 0.142 e. The molecule has 2 rings (SSSR count). The van der Waals surface area contributed by atoms with Crippen LogP contribution < -0.4 is 4.74 Å². The molecule has 0 fully saturated rings. The van der Waals surface area contributed by atoms with Gasteiger partial charge in [-0.2, -0.15) is 0 Å². The molecule has 19 heavy (non-hydrogen) atoms. The molecule has 3 nitrogen and oxygen atoms in total. The van der Waals surface area contributed by atoms with E-state index in [0.29, 0.717) is 6.73 Å². The van der Waals surface area contributed by atoms with Gasteiger partial charge in [0.15, 0.2) is 0 Å². The Morgan fingerprint density at radius 2 is 2.26 bits per heavy atom. The van der Waals surface area contributed by atoms with Crippen LogP contribution in [-0.2, 0) is 17.1 Å². The van der Waals surface area contributed by atoms with Crippen LogP contribution in [0.2, 0.25) is 0 Å². The van der Waals surface area contributed by atoms with E-state index in [1.165, 1.54) is 11.1 Å². The van der Waals surface area contributed by atoms with Crippen LogP contribution in [0, 0.1) is 0 Å². The zero-order valence-corrected chi connectivity index (χ0v) is 12.7. The summed E-state index contributed by atoms with van der Waals surface area (Å²) in [5.74, 6) is 2.10. The molecule has 0 aromatic heterocycles. The maximum atomic E-state index is 5.80. The van der Waals surface area contributed by atoms with Crippen LogP contribution in [0.1, 0.15) is 31.4 Å². The normalized spacial score (nSPS) is 15.1. The molecule has 0 spiro atoms. The number of fused-ring (bicyclic) bond motifs is 1. The highest BCUT2D eigenvalue weighted by Crippen LogP contribution is 2.26. The molecule has 4 heteroatoms. The molecular weight excluding hydrogens is 258 g/mol. The van der Waals surface area contributed by atoms with Crippen LogP contribution in [0.4, 0.5) is 0 Å². The standard InChI is InChI=1S/C15H23NO2S/c1-3-13-6-7-15-14(10-13)11-16(12-17-15)8-5-9-19-18-4-2/h6-7,10H,3-5,8-9,11-12H2,1-2H3. The summed E-state index contributed by atoms with van der Waals surface area (Å²) in [5.41, 5.74) is 2.71. The fourth-order valence-corrected chi connectivity index (χ4v) is 2.73. The molecule has 1 aromatic carbocycles. The van der Waals surface area contributed by atoms with Gasteiger partial charge < -0.3 is 8.92 Å². The lowest BCUT2D eigenvalue weighted by Crippen LogP contribution is -2.33. The first-order chi connectivity index (χ1) is 9.33. The van der Waals surface area contributed by atoms with Gasteiger partial charge in [0.25, 0.3) is 0 Å². The SMILES string of the molecule is CCOSCCCN1COc2ccc(CC)cc2C1. The van der Waals surface area contributed by atoms with E-state index in [-0.39, 0.29) is 0 Å². The Kier molecular flexibility index (Phi) is 6.01. The highest BCUT2D eigenvalue weighted by molar-refractivity contribution is 7.94. The number of aryl methyl sites for hydroxylation is 1. The summed E-state index contributed by atoms with van der Waals surface area (Å²) < 4.78 is 11.1. The van der Waals surface area contributed by atoms with Crippen molar-refractivity contribution in [2.75, 3.05) is 25.6 Å². The summed E-state index contributed by atoms with van der Waals surface area (Å²) in [6.07, 6.45) is 2.22. The van der Waals surface area contributed by atoms with Crippen LogP contribution in [-0.4, -0.2) is 30.5 Å². The minimum absolute atomic E-state index is 0.706. The molecule has 1 aliphatic rings. The number of hydrogen-bond donors (Lipinski definition) is 0. The maximum absolute atomic E-state index is 5.80. The molecule has 0 saturated carbocycles. The lowest BCUT2D eigenvalue weighted by Gasteiger charge is -2.29. The molecular formula is C15H23NO2S. The average molecular weight is 281 g/mol. The highest BCUT2D eigenvalue weighted by Gasteiger charge is 2.16. The topological polar surface area (TPSA) is 21.7 Å². The Morgan fingerprint density at radius 1 is 1.37 bits per heavy atom. The van der Waals surface area contributed by atoms with E-state index < -0.39 is 0 Å². The second-order valence-electron chi connectivity index (χ2n) is 4.70. The van der Waals surface area contributed by atoms with Gasteiger partial charge in [0.1, 0.15) is 12.5 Å². The number of benzene rings is 1. The van der Waals surface area contributed by atoms with Crippen LogP contribution in [0.25, 0.3) is 0 Å². The fourth-order valence-electron chi connectivity index (χ4n) is 2.20. The molecule has 1 aliphatic heterocycles. The molecule has 0 saturated heterocycles. The fraction of sp³-hybridized carbons (Fsp3) is 0.600. The van der Waals surface area contributed by atoms with Gasteiger partial charge in [-0.05, 0) is 43.4 Å². The van der Waals surface area contributed by atoms with E-state index in [1.54, 1.807) is 12.0 Å². The molecule has 106 valence electrons. The van der Waals surface area contributed by atoms with Gasteiger partial charge in [-0.25, -0.2) is 0 Å². The Labute approximate surface area is 120 Å². The number of hydrogen-bond acceptors (Lipinski definition) is 4. The smallest absolute Gasteiger partial charge is 0.142 e. The molecule has 0 radical (unpaired) electrons. The van der Waals surface area contributed by atoms with Crippen LogP contribution >= 0.6 is 12.0 Å². The first-order valence-electron chi connectivity index (χ1n) is 7.04. The van der Waals surface area contributed by atoms with Crippen molar-refractivity contribution in [1.82, 2.24) is 4.90 Å². The second-order valence-corrected chi connectivity index (χ2v) is 5.58. The third-order valence-electron chi connectivity index (χ3n) is 3.23. The Balaban J connectivity index is 1.80. The molecule has 0 atom stereocenters. The van der Waals surface area contributed by atoms with Crippen molar-refractivity contribution >= 4 is 12.0 Å². The molecule has 0 N–H and O–H groups in total. The van der Waals surface area contributed by atoms with Crippen molar-refractivity contribution < 1.29 is 8.92 Å². The molecule has 0 bridgehead atoms. The first-order valence-corrected chi connectivity index (χ1v) is 7.96. The first kappa shape index (κ1) is 14.7. The molecule has 1 aromatic rings. The van der Waals surface area contributed by atoms with Crippen molar-refractivity contribution in [2.24, 2.45) is 0 Å². The molecule has 0 unspecified atom stereocenters.